The third kappa shape index (κ3) is 4.43. The fourth-order valence-electron chi connectivity index (χ4n) is 3.87. The van der Waals surface area contributed by atoms with Crippen LogP contribution in [0.1, 0.15) is 26.3 Å². The highest BCUT2D eigenvalue weighted by atomic mass is 19.1. The number of nitrogens with one attached hydrogen (secondary N) is 2. The molecule has 2 N–H and O–H groups in total. The molecular weight excluding hydrogens is 453 g/mol. The molecule has 2 aromatic heterocycles. The number of benzene rings is 2. The Kier molecular flexibility index (Phi) is 5.88. The van der Waals surface area contributed by atoms with Gasteiger partial charge < -0.3 is 10.6 Å². The number of carbonyl (C=O) groups is 3. The summed E-state index contributed by atoms with van der Waals surface area (Å²) in [5.74, 6) is -1.12. The van der Waals surface area contributed by atoms with E-state index < -0.39 is 17.7 Å². The van der Waals surface area contributed by atoms with Gasteiger partial charge in [0.25, 0.3) is 11.8 Å². The zero-order valence-electron chi connectivity index (χ0n) is 18.4. The minimum absolute atomic E-state index is 0.223. The first kappa shape index (κ1) is 22.1. The summed E-state index contributed by atoms with van der Waals surface area (Å²) < 4.78 is 14.7. The van der Waals surface area contributed by atoms with Crippen molar-refractivity contribution in [2.45, 2.75) is 13.1 Å². The molecule has 5 rings (SSSR count). The van der Waals surface area contributed by atoms with E-state index in [1.165, 1.54) is 18.5 Å². The van der Waals surface area contributed by atoms with Crippen LogP contribution in [0.2, 0.25) is 0 Å². The number of aromatic nitrogens is 4. The molecule has 0 aliphatic carbocycles. The molecule has 4 aromatic rings. The summed E-state index contributed by atoms with van der Waals surface area (Å²) in [5.41, 5.74) is 2.08. The Morgan fingerprint density at radius 2 is 1.69 bits per heavy atom. The summed E-state index contributed by atoms with van der Waals surface area (Å²) in [6.07, 6.45) is 3.04. The molecule has 176 valence electrons. The van der Waals surface area contributed by atoms with Crippen LogP contribution in [-0.4, -0.2) is 55.5 Å². The average Bonchev–Trinajstić information content (AvgIpc) is 3.39. The van der Waals surface area contributed by atoms with Gasteiger partial charge in [0.05, 0.1) is 29.3 Å². The molecule has 0 unspecified atom stereocenters. The molecule has 0 spiro atoms. The number of carbonyl (C=O) groups excluding carboxylic acids is 3. The van der Waals surface area contributed by atoms with E-state index in [0.717, 1.165) is 10.5 Å². The summed E-state index contributed by atoms with van der Waals surface area (Å²) in [6.45, 7) is 0.643. The highest BCUT2D eigenvalue weighted by Crippen LogP contribution is 2.22. The Bertz CT molecular complexity index is 1400. The molecule has 3 amide bonds. The van der Waals surface area contributed by atoms with Gasteiger partial charge in [-0.05, 0) is 29.8 Å². The molecule has 0 bridgehead atoms. The molecule has 0 atom stereocenters. The number of nitrogens with zero attached hydrogens (tertiary/aromatic N) is 5. The Balaban J connectivity index is 1.17. The van der Waals surface area contributed by atoms with Crippen molar-refractivity contribution in [1.82, 2.24) is 30.0 Å². The van der Waals surface area contributed by atoms with Crippen molar-refractivity contribution < 1.29 is 18.8 Å². The number of hydrogen-bond acceptors (Lipinski definition) is 7. The van der Waals surface area contributed by atoms with E-state index in [1.54, 1.807) is 47.3 Å². The molecule has 3 heterocycles. The van der Waals surface area contributed by atoms with Gasteiger partial charge in [-0.2, -0.15) is 5.10 Å². The molecule has 10 nitrogen and oxygen atoms in total. The normalized spacial score (nSPS) is 12.8. The highest BCUT2D eigenvalue weighted by Gasteiger charge is 2.36. The molecular formula is C24H20FN7O3. The number of rotatable bonds is 8. The fourth-order valence-corrected chi connectivity index (χ4v) is 3.87. The SMILES string of the molecule is O=C(CN1C(=O)c2ccccc2C1=O)NCCn1ncc2c(NCc3ccc(F)cc3)ncnc21. The molecule has 11 heteroatoms. The second-order valence-electron chi connectivity index (χ2n) is 7.90. The van der Waals surface area contributed by atoms with Crippen molar-refractivity contribution in [2.75, 3.05) is 18.4 Å². The zero-order chi connectivity index (χ0) is 24.4. The second kappa shape index (κ2) is 9.29. The number of hydrogen-bond donors (Lipinski definition) is 2. The van der Waals surface area contributed by atoms with Crippen molar-refractivity contribution in [1.29, 1.82) is 0 Å². The summed E-state index contributed by atoms with van der Waals surface area (Å²) in [6, 6.07) is 12.7. The van der Waals surface area contributed by atoms with E-state index in [-0.39, 0.29) is 18.9 Å². The van der Waals surface area contributed by atoms with E-state index in [1.807, 2.05) is 0 Å². The summed E-state index contributed by atoms with van der Waals surface area (Å²) in [5, 5.41) is 10.9. The Morgan fingerprint density at radius 1 is 0.971 bits per heavy atom. The lowest BCUT2D eigenvalue weighted by Gasteiger charge is -2.13. The van der Waals surface area contributed by atoms with Crippen LogP contribution in [0.4, 0.5) is 10.2 Å². The van der Waals surface area contributed by atoms with Gasteiger partial charge >= 0.3 is 0 Å². The van der Waals surface area contributed by atoms with Crippen LogP contribution in [0, 0.1) is 5.82 Å². The van der Waals surface area contributed by atoms with Crippen molar-refractivity contribution in [2.24, 2.45) is 0 Å². The third-order valence-corrected chi connectivity index (χ3v) is 5.63. The number of halogens is 1. The lowest BCUT2D eigenvalue weighted by Crippen LogP contribution is -2.41. The van der Waals surface area contributed by atoms with Crippen molar-refractivity contribution in [3.05, 3.63) is 83.6 Å². The zero-order valence-corrected chi connectivity index (χ0v) is 18.4. The van der Waals surface area contributed by atoms with Gasteiger partial charge in [-0.1, -0.05) is 24.3 Å². The predicted molar refractivity (Wildman–Crippen MR) is 124 cm³/mol. The standard InChI is InChI=1S/C24H20FN7O3/c25-16-7-5-15(6-8-16)11-27-21-19-12-30-32(22(19)29-14-28-21)10-9-26-20(33)13-31-23(34)17-3-1-2-4-18(17)24(31)35/h1-8,12,14H,9-11,13H2,(H,26,33)(H,27,28,29). The van der Waals surface area contributed by atoms with Crippen LogP contribution in [0.3, 0.4) is 0 Å². The maximum Gasteiger partial charge on any atom is 0.262 e. The topological polar surface area (TPSA) is 122 Å². The number of amides is 3. The minimum atomic E-state index is -0.476. The van der Waals surface area contributed by atoms with Gasteiger partial charge in [-0.25, -0.2) is 19.0 Å². The monoisotopic (exact) mass is 473 g/mol. The minimum Gasteiger partial charge on any atom is -0.365 e. The van der Waals surface area contributed by atoms with Gasteiger partial charge in [0.2, 0.25) is 5.91 Å². The van der Waals surface area contributed by atoms with Crippen LogP contribution in [0.15, 0.2) is 61.1 Å². The van der Waals surface area contributed by atoms with Crippen LogP contribution in [-0.2, 0) is 17.9 Å². The number of anilines is 1. The number of fused-ring (bicyclic) bond motifs is 2. The molecule has 0 saturated carbocycles. The van der Waals surface area contributed by atoms with Gasteiger partial charge in [-0.3, -0.25) is 19.3 Å². The Hall–Kier alpha value is -4.67. The lowest BCUT2D eigenvalue weighted by molar-refractivity contribution is -0.121. The summed E-state index contributed by atoms with van der Waals surface area (Å²) >= 11 is 0. The van der Waals surface area contributed by atoms with Crippen molar-refractivity contribution >= 4 is 34.6 Å². The smallest absolute Gasteiger partial charge is 0.262 e. The summed E-state index contributed by atoms with van der Waals surface area (Å²) in [7, 11) is 0. The summed E-state index contributed by atoms with van der Waals surface area (Å²) in [4.78, 5) is 46.7. The maximum absolute atomic E-state index is 13.1. The van der Waals surface area contributed by atoms with Crippen LogP contribution >= 0.6 is 0 Å². The largest absolute Gasteiger partial charge is 0.365 e. The predicted octanol–water partition coefficient (Wildman–Crippen LogP) is 1.99. The van der Waals surface area contributed by atoms with E-state index in [0.29, 0.717) is 41.1 Å². The molecule has 0 radical (unpaired) electrons. The first-order valence-corrected chi connectivity index (χ1v) is 10.9. The first-order valence-electron chi connectivity index (χ1n) is 10.9. The third-order valence-electron chi connectivity index (χ3n) is 5.63. The second-order valence-corrected chi connectivity index (χ2v) is 7.90. The number of imide groups is 1. The highest BCUT2D eigenvalue weighted by molar-refractivity contribution is 6.22. The van der Waals surface area contributed by atoms with Gasteiger partial charge in [0, 0.05) is 13.1 Å². The maximum atomic E-state index is 13.1. The van der Waals surface area contributed by atoms with Crippen LogP contribution in [0.25, 0.3) is 11.0 Å². The molecule has 0 fully saturated rings. The quantitative estimate of drug-likeness (QED) is 0.375. The van der Waals surface area contributed by atoms with Crippen LogP contribution < -0.4 is 10.6 Å². The van der Waals surface area contributed by atoms with Crippen molar-refractivity contribution in [3.63, 3.8) is 0 Å². The Morgan fingerprint density at radius 3 is 2.40 bits per heavy atom. The van der Waals surface area contributed by atoms with Gasteiger partial charge in [0.15, 0.2) is 5.65 Å². The fraction of sp³-hybridized carbons (Fsp3) is 0.167. The lowest BCUT2D eigenvalue weighted by atomic mass is 10.1. The van der Waals surface area contributed by atoms with E-state index in [9.17, 15) is 18.8 Å². The molecule has 1 aliphatic heterocycles. The van der Waals surface area contributed by atoms with E-state index in [2.05, 4.69) is 25.7 Å². The van der Waals surface area contributed by atoms with Crippen molar-refractivity contribution in [3.8, 4) is 0 Å². The average molecular weight is 473 g/mol. The van der Waals surface area contributed by atoms with Gasteiger partial charge in [0.1, 0.15) is 24.5 Å². The van der Waals surface area contributed by atoms with Crippen LogP contribution in [0.5, 0.6) is 0 Å². The Labute approximate surface area is 198 Å². The molecule has 35 heavy (non-hydrogen) atoms. The van der Waals surface area contributed by atoms with E-state index >= 15 is 0 Å². The van der Waals surface area contributed by atoms with Gasteiger partial charge in [-0.15, -0.1) is 0 Å². The molecule has 2 aromatic carbocycles. The molecule has 0 saturated heterocycles. The first-order chi connectivity index (χ1) is 17.0. The molecule has 1 aliphatic rings. The van der Waals surface area contributed by atoms with E-state index in [4.69, 9.17) is 0 Å².